The molecule has 3 heterocycles. The summed E-state index contributed by atoms with van der Waals surface area (Å²) in [6.07, 6.45) is 0.732. The van der Waals surface area contributed by atoms with E-state index in [1.165, 1.54) is 11.3 Å². The fraction of sp³-hybridized carbons (Fsp3) is 0.222. The van der Waals surface area contributed by atoms with E-state index >= 15 is 0 Å². The monoisotopic (exact) mass is 450 g/mol. The van der Waals surface area contributed by atoms with Crippen LogP contribution in [0.5, 0.6) is 0 Å². The lowest BCUT2D eigenvalue weighted by molar-refractivity contribution is 0.378. The maximum absolute atomic E-state index is 12.4. The van der Waals surface area contributed by atoms with Crippen molar-refractivity contribution in [2.75, 3.05) is 5.75 Å². The van der Waals surface area contributed by atoms with Crippen LogP contribution in [0.15, 0.2) is 50.8 Å². The fourth-order valence-corrected chi connectivity index (χ4v) is 4.61. The smallest absolute Gasteiger partial charge is 0.257 e. The Morgan fingerprint density at radius 3 is 2.62 bits per heavy atom. The molecule has 0 radical (unpaired) electrons. The molecule has 0 saturated heterocycles. The highest BCUT2D eigenvalue weighted by Gasteiger charge is 2.18. The van der Waals surface area contributed by atoms with Crippen molar-refractivity contribution in [2.45, 2.75) is 18.6 Å². The third-order valence-corrected chi connectivity index (χ3v) is 6.69. The molecule has 150 valence electrons. The first-order valence-electron chi connectivity index (χ1n) is 8.64. The van der Waals surface area contributed by atoms with Crippen molar-refractivity contribution in [1.82, 2.24) is 20.3 Å². The lowest BCUT2D eigenvalue weighted by atomic mass is 10.2. The maximum atomic E-state index is 12.4. The molecule has 0 aliphatic heterocycles. The lowest BCUT2D eigenvalue weighted by Gasteiger charge is -1.99. The van der Waals surface area contributed by atoms with E-state index < -0.39 is 9.84 Å². The van der Waals surface area contributed by atoms with Gasteiger partial charge >= 0.3 is 0 Å². The molecule has 29 heavy (non-hydrogen) atoms. The molecule has 0 saturated carbocycles. The van der Waals surface area contributed by atoms with Gasteiger partial charge in [0.1, 0.15) is 5.75 Å². The molecule has 0 fully saturated rings. The first kappa shape index (κ1) is 19.7. The Hall–Kier alpha value is -2.56. The lowest BCUT2D eigenvalue weighted by Crippen LogP contribution is -2.11. The highest BCUT2D eigenvalue weighted by molar-refractivity contribution is 7.90. The van der Waals surface area contributed by atoms with Crippen LogP contribution in [0.25, 0.3) is 22.2 Å². The van der Waals surface area contributed by atoms with E-state index in [-0.39, 0.29) is 23.2 Å². The number of sulfone groups is 1. The number of hydrogen-bond donors (Lipinski definition) is 0. The second-order valence-electron chi connectivity index (χ2n) is 6.21. The minimum Gasteiger partial charge on any atom is -0.339 e. The number of aromatic nitrogens is 4. The van der Waals surface area contributed by atoms with Crippen LogP contribution >= 0.6 is 22.9 Å². The van der Waals surface area contributed by atoms with E-state index in [0.29, 0.717) is 35.1 Å². The Kier molecular flexibility index (Phi) is 5.74. The highest BCUT2D eigenvalue weighted by Crippen LogP contribution is 2.22. The predicted molar refractivity (Wildman–Crippen MR) is 108 cm³/mol. The highest BCUT2D eigenvalue weighted by atomic mass is 35.5. The van der Waals surface area contributed by atoms with Gasteiger partial charge in [0.2, 0.25) is 11.7 Å². The van der Waals surface area contributed by atoms with E-state index in [2.05, 4.69) is 20.3 Å². The van der Waals surface area contributed by atoms with Gasteiger partial charge in [-0.15, -0.1) is 11.3 Å². The summed E-state index contributed by atoms with van der Waals surface area (Å²) in [6.45, 7) is 0. The van der Waals surface area contributed by atoms with Gasteiger partial charge in [-0.3, -0.25) is 0 Å². The molecule has 4 aromatic rings. The molecule has 8 nitrogen and oxygen atoms in total. The Labute approximate surface area is 175 Å². The molecule has 3 aromatic heterocycles. The average molecular weight is 451 g/mol. The third kappa shape index (κ3) is 5.08. The van der Waals surface area contributed by atoms with Crippen molar-refractivity contribution < 1.29 is 17.5 Å². The van der Waals surface area contributed by atoms with Gasteiger partial charge < -0.3 is 9.05 Å². The van der Waals surface area contributed by atoms with Crippen LogP contribution < -0.4 is 0 Å². The molecule has 0 atom stereocenters. The van der Waals surface area contributed by atoms with Gasteiger partial charge in [-0.2, -0.15) is 9.97 Å². The standard InChI is InChI=1S/C18H15ClN4O4S2/c19-13-7-5-12(6-8-13)18-20-15(22-27-18)11-29(24,25)10-2-4-16-21-17(23-26-16)14-3-1-9-28-14/h1,3,5-9H,2,4,10-11H2. The molecule has 0 N–H and O–H groups in total. The summed E-state index contributed by atoms with van der Waals surface area (Å²) in [5.74, 6) is 0.947. The van der Waals surface area contributed by atoms with Gasteiger partial charge in [0.25, 0.3) is 5.89 Å². The molecular formula is C18H15ClN4O4S2. The Morgan fingerprint density at radius 1 is 1.03 bits per heavy atom. The number of aryl methyl sites for hydroxylation is 1. The SMILES string of the molecule is O=S(=O)(CCCc1nc(-c2cccs2)no1)Cc1noc(-c2ccc(Cl)cc2)n1. The first-order valence-corrected chi connectivity index (χ1v) is 11.7. The third-order valence-electron chi connectivity index (χ3n) is 3.96. The Morgan fingerprint density at radius 2 is 1.86 bits per heavy atom. The largest absolute Gasteiger partial charge is 0.339 e. The summed E-state index contributed by atoms with van der Waals surface area (Å²) in [5, 5.41) is 10.2. The van der Waals surface area contributed by atoms with E-state index in [1.807, 2.05) is 17.5 Å². The topological polar surface area (TPSA) is 112 Å². The quantitative estimate of drug-likeness (QED) is 0.395. The second-order valence-corrected chi connectivity index (χ2v) is 9.78. The van der Waals surface area contributed by atoms with Gasteiger partial charge in [-0.25, -0.2) is 8.42 Å². The number of benzene rings is 1. The summed E-state index contributed by atoms with van der Waals surface area (Å²) >= 11 is 7.36. The summed E-state index contributed by atoms with van der Waals surface area (Å²) in [5.41, 5.74) is 0.670. The number of halogens is 1. The predicted octanol–water partition coefficient (Wildman–Crippen LogP) is 4.05. The number of nitrogens with zero attached hydrogens (tertiary/aromatic N) is 4. The van der Waals surface area contributed by atoms with Crippen LogP contribution in [-0.2, 0) is 22.0 Å². The number of rotatable bonds is 8. The van der Waals surface area contributed by atoms with Gasteiger partial charge in [-0.05, 0) is 42.1 Å². The zero-order chi connectivity index (χ0) is 20.3. The van der Waals surface area contributed by atoms with E-state index in [4.69, 9.17) is 20.6 Å². The van der Waals surface area contributed by atoms with Crippen molar-refractivity contribution in [2.24, 2.45) is 0 Å². The summed E-state index contributed by atoms with van der Waals surface area (Å²) < 4.78 is 35.1. The molecule has 1 aromatic carbocycles. The van der Waals surface area contributed by atoms with E-state index in [0.717, 1.165) is 4.88 Å². The Balaban J connectivity index is 1.32. The Bertz CT molecular complexity index is 1180. The first-order chi connectivity index (χ1) is 14.0. The van der Waals surface area contributed by atoms with Crippen LogP contribution in [0.2, 0.25) is 5.02 Å². The second kappa shape index (κ2) is 8.44. The zero-order valence-corrected chi connectivity index (χ0v) is 17.4. The average Bonchev–Trinajstić information content (AvgIpc) is 3.43. The van der Waals surface area contributed by atoms with Gasteiger partial charge in [0.15, 0.2) is 15.7 Å². The van der Waals surface area contributed by atoms with Crippen LogP contribution in [0.3, 0.4) is 0 Å². The van der Waals surface area contributed by atoms with Crippen molar-refractivity contribution in [3.05, 3.63) is 58.5 Å². The van der Waals surface area contributed by atoms with Crippen LogP contribution in [0.4, 0.5) is 0 Å². The minimum absolute atomic E-state index is 0.0471. The molecule has 0 spiro atoms. The summed E-state index contributed by atoms with van der Waals surface area (Å²) in [7, 11) is -3.41. The molecule has 4 rings (SSSR count). The van der Waals surface area contributed by atoms with Crippen LogP contribution in [-0.4, -0.2) is 34.5 Å². The molecule has 0 aliphatic carbocycles. The van der Waals surface area contributed by atoms with Crippen molar-refractivity contribution in [3.8, 4) is 22.2 Å². The summed E-state index contributed by atoms with van der Waals surface area (Å²) in [4.78, 5) is 9.35. The molecule has 11 heteroatoms. The normalized spacial score (nSPS) is 11.8. The van der Waals surface area contributed by atoms with E-state index in [9.17, 15) is 8.42 Å². The molecule has 0 amide bonds. The minimum atomic E-state index is -3.41. The van der Waals surface area contributed by atoms with Crippen molar-refractivity contribution >= 4 is 32.8 Å². The van der Waals surface area contributed by atoms with Gasteiger partial charge in [-0.1, -0.05) is 28.0 Å². The van der Waals surface area contributed by atoms with Crippen LogP contribution in [0.1, 0.15) is 18.1 Å². The van der Waals surface area contributed by atoms with Crippen LogP contribution in [0, 0.1) is 0 Å². The molecule has 0 aliphatic rings. The zero-order valence-electron chi connectivity index (χ0n) is 15.0. The van der Waals surface area contributed by atoms with Gasteiger partial charge in [0, 0.05) is 17.0 Å². The fourth-order valence-electron chi connectivity index (χ4n) is 2.60. The number of hydrogen-bond acceptors (Lipinski definition) is 9. The van der Waals surface area contributed by atoms with E-state index in [1.54, 1.807) is 24.3 Å². The van der Waals surface area contributed by atoms with Crippen molar-refractivity contribution in [3.63, 3.8) is 0 Å². The van der Waals surface area contributed by atoms with Crippen molar-refractivity contribution in [1.29, 1.82) is 0 Å². The maximum Gasteiger partial charge on any atom is 0.257 e. The molecule has 0 unspecified atom stereocenters. The molecule has 0 bridgehead atoms. The molecular weight excluding hydrogens is 436 g/mol. The number of thiophene rings is 1. The van der Waals surface area contributed by atoms with Gasteiger partial charge in [0.05, 0.1) is 10.6 Å². The summed E-state index contributed by atoms with van der Waals surface area (Å²) in [6, 6.07) is 10.6.